The maximum atomic E-state index is 11.8. The van der Waals surface area contributed by atoms with Gasteiger partial charge >= 0.3 is 6.09 Å². The maximum Gasteiger partial charge on any atom is 0.412 e. The molecule has 0 aliphatic heterocycles. The third-order valence-electron chi connectivity index (χ3n) is 2.95. The van der Waals surface area contributed by atoms with Crippen LogP contribution in [0.15, 0.2) is 16.5 Å². The summed E-state index contributed by atoms with van der Waals surface area (Å²) in [6, 6.07) is 3.50. The minimum atomic E-state index is -0.540. The van der Waals surface area contributed by atoms with Gasteiger partial charge in [-0.2, -0.15) is 0 Å². The number of anilines is 2. The lowest BCUT2D eigenvalue weighted by atomic mass is 10.1. The molecule has 108 valence electrons. The fraction of sp³-hybridized carbons (Fsp3) is 0.400. The summed E-state index contributed by atoms with van der Waals surface area (Å²) in [6.45, 7) is 9.28. The molecule has 0 saturated carbocycles. The average molecular weight is 276 g/mol. The van der Waals surface area contributed by atoms with Crippen molar-refractivity contribution in [3.8, 4) is 0 Å². The lowest BCUT2D eigenvalue weighted by molar-refractivity contribution is 0.0636. The van der Waals surface area contributed by atoms with Crippen LogP contribution in [0.2, 0.25) is 0 Å². The molecule has 0 radical (unpaired) electrons. The van der Waals surface area contributed by atoms with Gasteiger partial charge in [0.15, 0.2) is 5.58 Å². The number of nitrogens with one attached hydrogen (secondary N) is 1. The van der Waals surface area contributed by atoms with Gasteiger partial charge in [0.1, 0.15) is 11.4 Å². The van der Waals surface area contributed by atoms with Crippen LogP contribution in [0.25, 0.3) is 11.0 Å². The fourth-order valence-electron chi connectivity index (χ4n) is 1.96. The van der Waals surface area contributed by atoms with Crippen molar-refractivity contribution >= 4 is 28.4 Å². The van der Waals surface area contributed by atoms with Crippen molar-refractivity contribution in [1.29, 1.82) is 0 Å². The number of nitrogens with two attached hydrogens (primary N) is 1. The van der Waals surface area contributed by atoms with Gasteiger partial charge in [-0.15, -0.1) is 0 Å². The van der Waals surface area contributed by atoms with Gasteiger partial charge in [-0.05, 0) is 52.3 Å². The first-order valence-corrected chi connectivity index (χ1v) is 6.46. The van der Waals surface area contributed by atoms with E-state index >= 15 is 0 Å². The number of aryl methyl sites for hydroxylation is 2. The SMILES string of the molecule is Cc1oc2c(N)cc(NC(=O)OC(C)(C)C)cc2c1C. The molecule has 0 saturated heterocycles. The van der Waals surface area contributed by atoms with Crippen LogP contribution in [-0.4, -0.2) is 11.7 Å². The normalized spacial score (nSPS) is 11.7. The Hall–Kier alpha value is -2.17. The van der Waals surface area contributed by atoms with Crippen molar-refractivity contribution in [2.45, 2.75) is 40.2 Å². The third-order valence-corrected chi connectivity index (χ3v) is 2.95. The second-order valence-corrected chi connectivity index (χ2v) is 5.85. The molecule has 2 aromatic rings. The van der Waals surface area contributed by atoms with Crippen LogP contribution in [0.5, 0.6) is 0 Å². The highest BCUT2D eigenvalue weighted by atomic mass is 16.6. The van der Waals surface area contributed by atoms with Crippen LogP contribution in [-0.2, 0) is 4.74 Å². The number of hydrogen-bond donors (Lipinski definition) is 2. The van der Waals surface area contributed by atoms with Crippen molar-refractivity contribution in [2.24, 2.45) is 0 Å². The van der Waals surface area contributed by atoms with Crippen molar-refractivity contribution < 1.29 is 13.9 Å². The summed E-state index contributed by atoms with van der Waals surface area (Å²) in [6.07, 6.45) is -0.505. The van der Waals surface area contributed by atoms with Gasteiger partial charge < -0.3 is 14.9 Å². The van der Waals surface area contributed by atoms with E-state index in [0.717, 1.165) is 16.7 Å². The van der Waals surface area contributed by atoms with E-state index < -0.39 is 11.7 Å². The lowest BCUT2D eigenvalue weighted by Crippen LogP contribution is -2.27. The smallest absolute Gasteiger partial charge is 0.412 e. The summed E-state index contributed by atoms with van der Waals surface area (Å²) in [5.74, 6) is 0.820. The molecule has 1 amide bonds. The van der Waals surface area contributed by atoms with E-state index in [1.165, 1.54) is 0 Å². The van der Waals surface area contributed by atoms with Gasteiger partial charge in [-0.1, -0.05) is 0 Å². The molecule has 5 heteroatoms. The molecular weight excluding hydrogens is 256 g/mol. The molecule has 1 heterocycles. The highest BCUT2D eigenvalue weighted by Gasteiger charge is 2.17. The summed E-state index contributed by atoms with van der Waals surface area (Å²) < 4.78 is 10.8. The number of hydrogen-bond acceptors (Lipinski definition) is 4. The summed E-state index contributed by atoms with van der Waals surface area (Å²) in [5, 5.41) is 3.58. The molecule has 5 nitrogen and oxygen atoms in total. The van der Waals surface area contributed by atoms with Crippen LogP contribution >= 0.6 is 0 Å². The van der Waals surface area contributed by atoms with Gasteiger partial charge in [0.25, 0.3) is 0 Å². The molecule has 0 aliphatic rings. The zero-order valence-corrected chi connectivity index (χ0v) is 12.5. The molecule has 0 spiro atoms. The predicted molar refractivity (Wildman–Crippen MR) is 80.0 cm³/mol. The summed E-state index contributed by atoms with van der Waals surface area (Å²) in [7, 11) is 0. The van der Waals surface area contributed by atoms with Gasteiger partial charge in [0.05, 0.1) is 5.69 Å². The van der Waals surface area contributed by atoms with Crippen molar-refractivity contribution in [3.05, 3.63) is 23.5 Å². The molecule has 0 atom stereocenters. The minimum Gasteiger partial charge on any atom is -0.459 e. The summed E-state index contributed by atoms with van der Waals surface area (Å²) in [5.41, 5.74) is 8.16. The first-order chi connectivity index (χ1) is 9.17. The molecule has 1 aromatic heterocycles. The first-order valence-electron chi connectivity index (χ1n) is 6.46. The molecule has 0 bridgehead atoms. The van der Waals surface area contributed by atoms with Crippen molar-refractivity contribution in [2.75, 3.05) is 11.1 Å². The van der Waals surface area contributed by atoms with Crippen molar-refractivity contribution in [3.63, 3.8) is 0 Å². The maximum absolute atomic E-state index is 11.8. The van der Waals surface area contributed by atoms with Crippen LogP contribution in [0.3, 0.4) is 0 Å². The topological polar surface area (TPSA) is 77.5 Å². The van der Waals surface area contributed by atoms with Gasteiger partial charge in [-0.25, -0.2) is 4.79 Å². The second kappa shape index (κ2) is 4.74. The summed E-state index contributed by atoms with van der Waals surface area (Å²) >= 11 is 0. The van der Waals surface area contributed by atoms with Crippen molar-refractivity contribution in [1.82, 2.24) is 0 Å². The third kappa shape index (κ3) is 2.87. The number of ether oxygens (including phenoxy) is 1. The quantitative estimate of drug-likeness (QED) is 0.772. The van der Waals surface area contributed by atoms with E-state index in [-0.39, 0.29) is 0 Å². The molecule has 0 unspecified atom stereocenters. The highest BCUT2D eigenvalue weighted by Crippen LogP contribution is 2.32. The number of rotatable bonds is 1. The largest absolute Gasteiger partial charge is 0.459 e. The predicted octanol–water partition coefficient (Wildman–Crippen LogP) is 3.98. The Labute approximate surface area is 118 Å². The van der Waals surface area contributed by atoms with Gasteiger partial charge in [0, 0.05) is 11.1 Å². The number of furan rings is 1. The van der Waals surface area contributed by atoms with Crippen LogP contribution in [0, 0.1) is 13.8 Å². The Balaban J connectivity index is 2.32. The van der Waals surface area contributed by atoms with Crippen LogP contribution in [0.4, 0.5) is 16.2 Å². The van der Waals surface area contributed by atoms with E-state index in [2.05, 4.69) is 5.32 Å². The number of carbonyl (C=O) groups excluding carboxylic acids is 1. The zero-order chi connectivity index (χ0) is 15.1. The van der Waals surface area contributed by atoms with E-state index in [0.29, 0.717) is 17.0 Å². The first kappa shape index (κ1) is 14.2. The Bertz CT molecular complexity index is 666. The Morgan fingerprint density at radius 2 is 1.95 bits per heavy atom. The summed E-state index contributed by atoms with van der Waals surface area (Å²) in [4.78, 5) is 11.8. The van der Waals surface area contributed by atoms with Crippen LogP contribution < -0.4 is 11.1 Å². The number of fused-ring (bicyclic) bond motifs is 1. The second-order valence-electron chi connectivity index (χ2n) is 5.85. The minimum absolute atomic E-state index is 0.491. The average Bonchev–Trinajstić information content (AvgIpc) is 2.54. The molecule has 20 heavy (non-hydrogen) atoms. The van der Waals surface area contributed by atoms with E-state index in [9.17, 15) is 4.79 Å². The van der Waals surface area contributed by atoms with E-state index in [1.54, 1.807) is 6.07 Å². The molecule has 0 aliphatic carbocycles. The zero-order valence-electron chi connectivity index (χ0n) is 12.5. The molecule has 0 fully saturated rings. The Morgan fingerprint density at radius 1 is 1.30 bits per heavy atom. The Kier molecular flexibility index (Phi) is 3.38. The Morgan fingerprint density at radius 3 is 2.55 bits per heavy atom. The standard InChI is InChI=1S/C15H20N2O3/c1-8-9(2)19-13-11(8)6-10(7-12(13)16)17-14(18)20-15(3,4)5/h6-7H,16H2,1-5H3,(H,17,18). The number of amides is 1. The van der Waals surface area contributed by atoms with Crippen LogP contribution in [0.1, 0.15) is 32.1 Å². The number of nitrogen functional groups attached to an aromatic ring is 1. The lowest BCUT2D eigenvalue weighted by Gasteiger charge is -2.19. The van der Waals surface area contributed by atoms with Gasteiger partial charge in [-0.3, -0.25) is 5.32 Å². The number of carbonyl (C=O) groups is 1. The molecule has 1 aromatic carbocycles. The molecular formula is C15H20N2O3. The van der Waals surface area contributed by atoms with E-state index in [1.807, 2.05) is 40.7 Å². The molecule has 3 N–H and O–H groups in total. The highest BCUT2D eigenvalue weighted by molar-refractivity contribution is 5.97. The van der Waals surface area contributed by atoms with E-state index in [4.69, 9.17) is 14.9 Å². The number of benzene rings is 1. The van der Waals surface area contributed by atoms with Gasteiger partial charge in [0.2, 0.25) is 0 Å². The fourth-order valence-corrected chi connectivity index (χ4v) is 1.96. The molecule has 2 rings (SSSR count). The monoisotopic (exact) mass is 276 g/mol.